The number of ether oxygens (including phenoxy) is 1. The second kappa shape index (κ2) is 6.73. The van der Waals surface area contributed by atoms with Crippen molar-refractivity contribution >= 4 is 11.5 Å². The van der Waals surface area contributed by atoms with E-state index in [4.69, 9.17) is 0 Å². The molecule has 0 amide bonds. The molecule has 0 aliphatic rings. The molecule has 0 aliphatic carbocycles. The summed E-state index contributed by atoms with van der Waals surface area (Å²) in [6.45, 7) is 2.07. The van der Waals surface area contributed by atoms with E-state index in [0.29, 0.717) is 17.9 Å². The van der Waals surface area contributed by atoms with Crippen molar-refractivity contribution in [3.63, 3.8) is 0 Å². The number of aromatic nitrogens is 1. The lowest BCUT2D eigenvalue weighted by Crippen LogP contribution is -2.19. The molecule has 0 aliphatic heterocycles. The first-order chi connectivity index (χ1) is 11.2. The summed E-state index contributed by atoms with van der Waals surface area (Å²) in [5.74, 6) is 0.259. The number of pyridine rings is 1. The molecule has 9 heteroatoms. The van der Waals surface area contributed by atoms with Crippen molar-refractivity contribution in [3.8, 4) is 5.75 Å². The quantitative estimate of drug-likeness (QED) is 0.611. The summed E-state index contributed by atoms with van der Waals surface area (Å²) in [4.78, 5) is 16.0. The third-order valence-electron chi connectivity index (χ3n) is 3.19. The predicted octanol–water partition coefficient (Wildman–Crippen LogP) is 3.83. The normalized spacial score (nSPS) is 11.2. The summed E-state index contributed by atoms with van der Waals surface area (Å²) in [6, 6.07) is 6.90. The number of aryl methyl sites for hydroxylation is 1. The second-order valence-corrected chi connectivity index (χ2v) is 5.14. The Labute approximate surface area is 135 Å². The molecule has 6 nitrogen and oxygen atoms in total. The molecule has 24 heavy (non-hydrogen) atoms. The van der Waals surface area contributed by atoms with Crippen LogP contribution in [0.4, 0.5) is 24.7 Å². The highest BCUT2D eigenvalue weighted by Crippen LogP contribution is 2.25. The van der Waals surface area contributed by atoms with Crippen molar-refractivity contribution in [2.45, 2.75) is 19.8 Å². The van der Waals surface area contributed by atoms with Crippen LogP contribution in [0.5, 0.6) is 5.75 Å². The smallest absolute Gasteiger partial charge is 0.406 e. The number of hydrogen-bond acceptors (Lipinski definition) is 5. The van der Waals surface area contributed by atoms with Gasteiger partial charge in [0, 0.05) is 19.7 Å². The SMILES string of the molecule is Cc1cc([N+](=O)[O-])cnc1N(C)Cc1ccc(OC(F)(F)F)cc1. The van der Waals surface area contributed by atoms with Crippen LogP contribution in [-0.4, -0.2) is 23.3 Å². The summed E-state index contributed by atoms with van der Waals surface area (Å²) in [5, 5.41) is 10.7. The van der Waals surface area contributed by atoms with Gasteiger partial charge in [-0.25, -0.2) is 4.98 Å². The average molecular weight is 341 g/mol. The molecule has 0 fully saturated rings. The van der Waals surface area contributed by atoms with Gasteiger partial charge >= 0.3 is 6.36 Å². The Hall–Kier alpha value is -2.84. The van der Waals surface area contributed by atoms with Crippen molar-refractivity contribution in [1.82, 2.24) is 4.98 Å². The van der Waals surface area contributed by atoms with Crippen LogP contribution in [-0.2, 0) is 6.54 Å². The van der Waals surface area contributed by atoms with Crippen molar-refractivity contribution in [3.05, 3.63) is 57.8 Å². The molecular weight excluding hydrogens is 327 g/mol. The largest absolute Gasteiger partial charge is 0.573 e. The molecule has 2 aromatic rings. The lowest BCUT2D eigenvalue weighted by molar-refractivity contribution is -0.385. The van der Waals surface area contributed by atoms with E-state index in [-0.39, 0.29) is 11.4 Å². The minimum Gasteiger partial charge on any atom is -0.406 e. The maximum Gasteiger partial charge on any atom is 0.573 e. The number of hydrogen-bond donors (Lipinski definition) is 0. The number of anilines is 1. The number of rotatable bonds is 5. The molecule has 0 saturated heterocycles. The highest BCUT2D eigenvalue weighted by atomic mass is 19.4. The van der Waals surface area contributed by atoms with Crippen molar-refractivity contribution in [2.75, 3.05) is 11.9 Å². The van der Waals surface area contributed by atoms with Crippen LogP contribution in [0, 0.1) is 17.0 Å². The summed E-state index contributed by atoms with van der Waals surface area (Å²) in [7, 11) is 1.74. The van der Waals surface area contributed by atoms with Gasteiger partial charge in [-0.15, -0.1) is 13.2 Å². The Kier molecular flexibility index (Phi) is 4.91. The first-order valence-electron chi connectivity index (χ1n) is 6.82. The zero-order valence-corrected chi connectivity index (χ0v) is 12.9. The van der Waals surface area contributed by atoms with Crippen molar-refractivity contribution in [2.24, 2.45) is 0 Å². The summed E-state index contributed by atoms with van der Waals surface area (Å²) in [5.41, 5.74) is 1.27. The van der Waals surface area contributed by atoms with E-state index in [1.165, 1.54) is 36.5 Å². The van der Waals surface area contributed by atoms with E-state index in [2.05, 4.69) is 9.72 Å². The Balaban J connectivity index is 2.09. The molecular formula is C15H14F3N3O3. The molecule has 0 unspecified atom stereocenters. The van der Waals surface area contributed by atoms with Crippen LogP contribution in [0.3, 0.4) is 0 Å². The van der Waals surface area contributed by atoms with E-state index >= 15 is 0 Å². The molecule has 1 aromatic carbocycles. The van der Waals surface area contributed by atoms with E-state index in [0.717, 1.165) is 5.56 Å². The summed E-state index contributed by atoms with van der Waals surface area (Å²) < 4.78 is 40.2. The van der Waals surface area contributed by atoms with E-state index in [1.807, 2.05) is 0 Å². The zero-order valence-electron chi connectivity index (χ0n) is 12.9. The second-order valence-electron chi connectivity index (χ2n) is 5.14. The molecule has 1 aromatic heterocycles. The van der Waals surface area contributed by atoms with E-state index < -0.39 is 11.3 Å². The van der Waals surface area contributed by atoms with Gasteiger partial charge in [0.25, 0.3) is 5.69 Å². The number of halogens is 3. The minimum atomic E-state index is -4.72. The fourth-order valence-electron chi connectivity index (χ4n) is 2.20. The van der Waals surface area contributed by atoms with Gasteiger partial charge < -0.3 is 9.64 Å². The fraction of sp³-hybridized carbons (Fsp3) is 0.267. The lowest BCUT2D eigenvalue weighted by atomic mass is 10.2. The molecule has 0 spiro atoms. The van der Waals surface area contributed by atoms with E-state index in [1.54, 1.807) is 18.9 Å². The highest BCUT2D eigenvalue weighted by molar-refractivity contribution is 5.50. The number of nitro groups is 1. The molecule has 0 N–H and O–H groups in total. The van der Waals surface area contributed by atoms with Crippen LogP contribution in [0.2, 0.25) is 0 Å². The molecule has 128 valence electrons. The number of alkyl halides is 3. The maximum atomic E-state index is 12.1. The monoisotopic (exact) mass is 341 g/mol. The van der Waals surface area contributed by atoms with Gasteiger partial charge in [0.1, 0.15) is 17.8 Å². The highest BCUT2D eigenvalue weighted by Gasteiger charge is 2.30. The Bertz CT molecular complexity index is 733. The first kappa shape index (κ1) is 17.5. The molecule has 0 radical (unpaired) electrons. The van der Waals surface area contributed by atoms with Crippen LogP contribution in [0.15, 0.2) is 36.5 Å². The summed E-state index contributed by atoms with van der Waals surface area (Å²) in [6.07, 6.45) is -3.56. The van der Waals surface area contributed by atoms with Gasteiger partial charge in [-0.3, -0.25) is 10.1 Å². The van der Waals surface area contributed by atoms with Crippen LogP contribution in [0.1, 0.15) is 11.1 Å². The maximum absolute atomic E-state index is 12.1. The van der Waals surface area contributed by atoms with E-state index in [9.17, 15) is 23.3 Å². The fourth-order valence-corrected chi connectivity index (χ4v) is 2.20. The van der Waals surface area contributed by atoms with Gasteiger partial charge in [-0.2, -0.15) is 0 Å². The van der Waals surface area contributed by atoms with Gasteiger partial charge in [0.15, 0.2) is 0 Å². The van der Waals surface area contributed by atoms with Crippen LogP contribution >= 0.6 is 0 Å². The molecule has 2 rings (SSSR count). The van der Waals surface area contributed by atoms with Gasteiger partial charge in [0.2, 0.25) is 0 Å². The number of benzene rings is 1. The van der Waals surface area contributed by atoms with Crippen LogP contribution < -0.4 is 9.64 Å². The average Bonchev–Trinajstić information content (AvgIpc) is 2.47. The van der Waals surface area contributed by atoms with Gasteiger partial charge in [-0.1, -0.05) is 12.1 Å². The third kappa shape index (κ3) is 4.58. The number of nitrogens with zero attached hydrogens (tertiary/aromatic N) is 3. The Morgan fingerprint density at radius 1 is 1.29 bits per heavy atom. The minimum absolute atomic E-state index is 0.0988. The molecule has 0 atom stereocenters. The van der Waals surface area contributed by atoms with Crippen LogP contribution in [0.25, 0.3) is 0 Å². The Morgan fingerprint density at radius 2 is 1.92 bits per heavy atom. The van der Waals surface area contributed by atoms with Gasteiger partial charge in [0.05, 0.1) is 4.92 Å². The molecule has 0 saturated carbocycles. The lowest BCUT2D eigenvalue weighted by Gasteiger charge is -2.20. The molecule has 1 heterocycles. The predicted molar refractivity (Wildman–Crippen MR) is 80.9 cm³/mol. The molecule has 0 bridgehead atoms. The topological polar surface area (TPSA) is 68.5 Å². The van der Waals surface area contributed by atoms with Crippen molar-refractivity contribution in [1.29, 1.82) is 0 Å². The third-order valence-corrected chi connectivity index (χ3v) is 3.19. The van der Waals surface area contributed by atoms with Gasteiger partial charge in [-0.05, 0) is 30.2 Å². The van der Waals surface area contributed by atoms with Crippen molar-refractivity contribution < 1.29 is 22.8 Å². The standard InChI is InChI=1S/C15H14F3N3O3/c1-10-7-12(21(22)23)8-19-14(10)20(2)9-11-3-5-13(6-4-11)24-15(16,17)18/h3-8H,9H2,1-2H3. The first-order valence-corrected chi connectivity index (χ1v) is 6.82. The summed E-state index contributed by atoms with van der Waals surface area (Å²) >= 11 is 0. The Morgan fingerprint density at radius 3 is 2.42 bits per heavy atom. The zero-order chi connectivity index (χ0) is 17.9.